The lowest BCUT2D eigenvalue weighted by Crippen LogP contribution is -2.28. The molecule has 0 saturated carbocycles. The van der Waals surface area contributed by atoms with Crippen LogP contribution in [0.5, 0.6) is 5.75 Å². The van der Waals surface area contributed by atoms with E-state index in [0.29, 0.717) is 0 Å². The summed E-state index contributed by atoms with van der Waals surface area (Å²) in [6, 6.07) is 17.1. The van der Waals surface area contributed by atoms with Crippen LogP contribution in [0, 0.1) is 5.92 Å². The number of rotatable bonds is 4. The minimum Gasteiger partial charge on any atom is -0.496 e. The van der Waals surface area contributed by atoms with E-state index in [1.165, 1.54) is 36.0 Å². The Bertz CT molecular complexity index is 573. The Morgan fingerprint density at radius 2 is 1.81 bits per heavy atom. The first-order chi connectivity index (χ1) is 10.4. The highest BCUT2D eigenvalue weighted by Crippen LogP contribution is 2.32. The van der Waals surface area contributed by atoms with Gasteiger partial charge < -0.3 is 10.1 Å². The van der Waals surface area contributed by atoms with Crippen molar-refractivity contribution in [2.24, 2.45) is 5.92 Å². The van der Waals surface area contributed by atoms with E-state index in [1.807, 2.05) is 0 Å². The lowest BCUT2D eigenvalue weighted by molar-refractivity contribution is 0.372. The van der Waals surface area contributed by atoms with Crippen LogP contribution in [0.3, 0.4) is 0 Å². The Labute approximate surface area is 127 Å². The molecule has 0 unspecified atom stereocenters. The molecule has 3 rings (SSSR count). The zero-order valence-electron chi connectivity index (χ0n) is 12.6. The molecule has 2 aromatic rings. The summed E-state index contributed by atoms with van der Waals surface area (Å²) < 4.78 is 5.53. The van der Waals surface area contributed by atoms with Crippen molar-refractivity contribution in [3.8, 4) is 16.9 Å². The van der Waals surface area contributed by atoms with Gasteiger partial charge in [0.15, 0.2) is 0 Å². The number of methoxy groups -OCH3 is 1. The number of nitrogens with one attached hydrogen (secondary N) is 1. The van der Waals surface area contributed by atoms with Gasteiger partial charge in [0.2, 0.25) is 0 Å². The third-order valence-electron chi connectivity index (χ3n) is 4.33. The highest BCUT2D eigenvalue weighted by Gasteiger charge is 2.15. The van der Waals surface area contributed by atoms with Crippen molar-refractivity contribution in [2.45, 2.75) is 19.3 Å². The van der Waals surface area contributed by atoms with Gasteiger partial charge in [0.05, 0.1) is 7.11 Å². The van der Waals surface area contributed by atoms with Crippen molar-refractivity contribution in [3.05, 3.63) is 54.1 Å². The summed E-state index contributed by atoms with van der Waals surface area (Å²) in [5.41, 5.74) is 3.84. The maximum Gasteiger partial charge on any atom is 0.126 e. The van der Waals surface area contributed by atoms with E-state index in [9.17, 15) is 0 Å². The fraction of sp³-hybridized carbons (Fsp3) is 0.368. The van der Waals surface area contributed by atoms with Gasteiger partial charge in [-0.25, -0.2) is 0 Å². The summed E-state index contributed by atoms with van der Waals surface area (Å²) in [5, 5.41) is 3.44. The van der Waals surface area contributed by atoms with E-state index >= 15 is 0 Å². The van der Waals surface area contributed by atoms with Gasteiger partial charge in [-0.3, -0.25) is 0 Å². The summed E-state index contributed by atoms with van der Waals surface area (Å²) in [4.78, 5) is 0. The van der Waals surface area contributed by atoms with Gasteiger partial charge in [0.25, 0.3) is 0 Å². The predicted octanol–water partition coefficient (Wildman–Crippen LogP) is 3.90. The van der Waals surface area contributed by atoms with Crippen LogP contribution in [0.1, 0.15) is 18.4 Å². The number of piperidine rings is 1. The lowest BCUT2D eigenvalue weighted by Gasteiger charge is -2.23. The van der Waals surface area contributed by atoms with Crippen LogP contribution in [0.25, 0.3) is 11.1 Å². The van der Waals surface area contributed by atoms with Gasteiger partial charge in [-0.15, -0.1) is 0 Å². The molecule has 21 heavy (non-hydrogen) atoms. The Hall–Kier alpha value is -1.80. The second-order valence-corrected chi connectivity index (χ2v) is 5.80. The summed E-state index contributed by atoms with van der Waals surface area (Å²) in [7, 11) is 1.74. The molecule has 1 heterocycles. The second-order valence-electron chi connectivity index (χ2n) is 5.80. The summed E-state index contributed by atoms with van der Waals surface area (Å²) in [5.74, 6) is 1.76. The molecule has 110 valence electrons. The molecule has 0 atom stereocenters. The SMILES string of the molecule is COc1ccc(CC2CCNCC2)cc1-c1ccccc1. The van der Waals surface area contributed by atoms with Gasteiger partial charge in [-0.05, 0) is 61.5 Å². The zero-order valence-corrected chi connectivity index (χ0v) is 12.6. The summed E-state index contributed by atoms with van der Waals surface area (Å²) >= 11 is 0. The predicted molar refractivity (Wildman–Crippen MR) is 87.7 cm³/mol. The van der Waals surface area contributed by atoms with Crippen molar-refractivity contribution < 1.29 is 4.74 Å². The van der Waals surface area contributed by atoms with E-state index in [-0.39, 0.29) is 0 Å². The van der Waals surface area contributed by atoms with Gasteiger partial charge in [-0.1, -0.05) is 36.4 Å². The van der Waals surface area contributed by atoms with Gasteiger partial charge in [0, 0.05) is 5.56 Å². The number of hydrogen-bond donors (Lipinski definition) is 1. The van der Waals surface area contributed by atoms with Gasteiger partial charge in [0.1, 0.15) is 5.75 Å². The van der Waals surface area contributed by atoms with E-state index in [0.717, 1.165) is 24.8 Å². The zero-order chi connectivity index (χ0) is 14.5. The average Bonchev–Trinajstić information content (AvgIpc) is 2.56. The molecule has 1 aliphatic heterocycles. The molecule has 0 aromatic heterocycles. The maximum absolute atomic E-state index is 5.53. The summed E-state index contributed by atoms with van der Waals surface area (Å²) in [6.07, 6.45) is 3.74. The van der Waals surface area contributed by atoms with Crippen molar-refractivity contribution in [3.63, 3.8) is 0 Å². The van der Waals surface area contributed by atoms with Gasteiger partial charge in [-0.2, -0.15) is 0 Å². The molecular formula is C19H23NO. The van der Waals surface area contributed by atoms with Crippen LogP contribution in [-0.2, 0) is 6.42 Å². The molecular weight excluding hydrogens is 258 g/mol. The van der Waals surface area contributed by atoms with Crippen LogP contribution in [-0.4, -0.2) is 20.2 Å². The Balaban J connectivity index is 1.86. The first-order valence-corrected chi connectivity index (χ1v) is 7.80. The molecule has 2 heteroatoms. The first kappa shape index (κ1) is 14.2. The minimum absolute atomic E-state index is 0.809. The molecule has 0 aliphatic carbocycles. The molecule has 0 amide bonds. The van der Waals surface area contributed by atoms with Gasteiger partial charge >= 0.3 is 0 Å². The summed E-state index contributed by atoms with van der Waals surface area (Å²) in [6.45, 7) is 2.32. The third kappa shape index (κ3) is 3.45. The largest absolute Gasteiger partial charge is 0.496 e. The number of ether oxygens (including phenoxy) is 1. The third-order valence-corrected chi connectivity index (χ3v) is 4.33. The number of benzene rings is 2. The Morgan fingerprint density at radius 3 is 2.52 bits per heavy atom. The van der Waals surface area contributed by atoms with E-state index < -0.39 is 0 Å². The molecule has 0 radical (unpaired) electrons. The fourth-order valence-electron chi connectivity index (χ4n) is 3.14. The first-order valence-electron chi connectivity index (χ1n) is 7.80. The monoisotopic (exact) mass is 281 g/mol. The molecule has 2 nitrogen and oxygen atoms in total. The average molecular weight is 281 g/mol. The highest BCUT2D eigenvalue weighted by atomic mass is 16.5. The van der Waals surface area contributed by atoms with Crippen LogP contribution in [0.15, 0.2) is 48.5 Å². The molecule has 1 N–H and O–H groups in total. The Morgan fingerprint density at radius 1 is 1.05 bits per heavy atom. The molecule has 0 spiro atoms. The standard InChI is InChI=1S/C19H23NO/c1-21-19-8-7-16(13-15-9-11-20-12-10-15)14-18(19)17-5-3-2-4-6-17/h2-8,14-15,20H,9-13H2,1H3. The topological polar surface area (TPSA) is 21.3 Å². The number of hydrogen-bond acceptors (Lipinski definition) is 2. The molecule has 1 aliphatic rings. The van der Waals surface area contributed by atoms with Crippen molar-refractivity contribution in [2.75, 3.05) is 20.2 Å². The van der Waals surface area contributed by atoms with E-state index in [4.69, 9.17) is 4.74 Å². The Kier molecular flexibility index (Phi) is 4.56. The minimum atomic E-state index is 0.809. The van der Waals surface area contributed by atoms with Crippen LogP contribution < -0.4 is 10.1 Å². The molecule has 0 bridgehead atoms. The normalized spacial score (nSPS) is 15.9. The molecule has 1 fully saturated rings. The smallest absolute Gasteiger partial charge is 0.126 e. The fourth-order valence-corrected chi connectivity index (χ4v) is 3.14. The van der Waals surface area contributed by atoms with Crippen LogP contribution in [0.4, 0.5) is 0 Å². The van der Waals surface area contributed by atoms with E-state index in [2.05, 4.69) is 53.8 Å². The molecule has 1 saturated heterocycles. The second kappa shape index (κ2) is 6.77. The lowest BCUT2D eigenvalue weighted by atomic mass is 9.89. The maximum atomic E-state index is 5.53. The highest BCUT2D eigenvalue weighted by molar-refractivity contribution is 5.71. The van der Waals surface area contributed by atoms with Crippen molar-refractivity contribution >= 4 is 0 Å². The van der Waals surface area contributed by atoms with Crippen molar-refractivity contribution in [1.82, 2.24) is 5.32 Å². The molecule has 2 aromatic carbocycles. The van der Waals surface area contributed by atoms with Crippen molar-refractivity contribution in [1.29, 1.82) is 0 Å². The van der Waals surface area contributed by atoms with E-state index in [1.54, 1.807) is 7.11 Å². The van der Waals surface area contributed by atoms with Crippen LogP contribution >= 0.6 is 0 Å². The quantitative estimate of drug-likeness (QED) is 0.917. The van der Waals surface area contributed by atoms with Crippen LogP contribution in [0.2, 0.25) is 0 Å².